The van der Waals surface area contributed by atoms with Gasteiger partial charge in [0, 0.05) is 6.04 Å². The predicted molar refractivity (Wildman–Crippen MR) is 55.7 cm³/mol. The van der Waals surface area contributed by atoms with Crippen molar-refractivity contribution in [2.75, 3.05) is 6.61 Å². The van der Waals surface area contributed by atoms with Gasteiger partial charge < -0.3 is 10.5 Å². The molecule has 0 saturated carbocycles. The summed E-state index contributed by atoms with van der Waals surface area (Å²) in [6.07, 6.45) is 7.85. The van der Waals surface area contributed by atoms with Crippen molar-refractivity contribution >= 4 is 5.97 Å². The summed E-state index contributed by atoms with van der Waals surface area (Å²) in [6, 6.07) is -0.0426. The highest BCUT2D eigenvalue weighted by Crippen LogP contribution is 2.19. The van der Waals surface area contributed by atoms with Crippen molar-refractivity contribution in [2.45, 2.75) is 38.6 Å². The van der Waals surface area contributed by atoms with Crippen LogP contribution in [0.3, 0.4) is 0 Å². The number of ether oxygens (including phenoxy) is 1. The average molecular weight is 197 g/mol. The Balaban J connectivity index is 2.54. The number of hydrogen-bond donors (Lipinski definition) is 1. The van der Waals surface area contributed by atoms with Gasteiger partial charge in [-0.05, 0) is 32.6 Å². The quantitative estimate of drug-likeness (QED) is 0.540. The number of nitrogens with two attached hydrogens (primary N) is 1. The lowest BCUT2D eigenvalue weighted by Crippen LogP contribution is -2.37. The minimum Gasteiger partial charge on any atom is -0.466 e. The molecular weight excluding hydrogens is 178 g/mol. The Morgan fingerprint density at radius 2 is 2.07 bits per heavy atom. The largest absolute Gasteiger partial charge is 0.466 e. The van der Waals surface area contributed by atoms with E-state index >= 15 is 0 Å². The van der Waals surface area contributed by atoms with Gasteiger partial charge in [0.15, 0.2) is 0 Å². The zero-order chi connectivity index (χ0) is 10.4. The molecule has 1 aliphatic carbocycles. The van der Waals surface area contributed by atoms with Crippen molar-refractivity contribution in [3.05, 3.63) is 12.2 Å². The van der Waals surface area contributed by atoms with Crippen LogP contribution in [0.15, 0.2) is 12.2 Å². The Morgan fingerprint density at radius 3 is 2.71 bits per heavy atom. The summed E-state index contributed by atoms with van der Waals surface area (Å²) in [7, 11) is 0. The third-order valence-corrected chi connectivity index (χ3v) is 2.58. The number of allylic oxidation sites excluding steroid dienone is 2. The fourth-order valence-electron chi connectivity index (χ4n) is 1.76. The van der Waals surface area contributed by atoms with E-state index in [0.717, 1.165) is 25.7 Å². The zero-order valence-electron chi connectivity index (χ0n) is 8.74. The molecule has 0 aromatic carbocycles. The zero-order valence-corrected chi connectivity index (χ0v) is 8.74. The lowest BCUT2D eigenvalue weighted by atomic mass is 9.90. The molecule has 0 aromatic rings. The Bertz CT molecular complexity index is 213. The molecule has 0 aliphatic heterocycles. The Labute approximate surface area is 85.3 Å². The normalized spacial score (nSPS) is 30.1. The smallest absolute Gasteiger partial charge is 0.310 e. The van der Waals surface area contributed by atoms with Gasteiger partial charge in [0.25, 0.3) is 0 Å². The van der Waals surface area contributed by atoms with E-state index in [1.165, 1.54) is 0 Å². The predicted octanol–water partition coefficient (Wildman–Crippen LogP) is 1.62. The van der Waals surface area contributed by atoms with Crippen molar-refractivity contribution in [3.63, 3.8) is 0 Å². The van der Waals surface area contributed by atoms with E-state index in [2.05, 4.69) is 12.2 Å². The molecule has 80 valence electrons. The van der Waals surface area contributed by atoms with Crippen LogP contribution < -0.4 is 5.73 Å². The molecule has 3 heteroatoms. The average Bonchev–Trinajstić information content (AvgIpc) is 2.12. The van der Waals surface area contributed by atoms with Gasteiger partial charge in [-0.15, -0.1) is 0 Å². The maximum absolute atomic E-state index is 11.5. The summed E-state index contributed by atoms with van der Waals surface area (Å²) in [5, 5.41) is 0. The summed E-state index contributed by atoms with van der Waals surface area (Å²) in [4.78, 5) is 11.5. The van der Waals surface area contributed by atoms with Crippen molar-refractivity contribution in [1.82, 2.24) is 0 Å². The third kappa shape index (κ3) is 3.14. The molecule has 0 saturated heterocycles. The number of hydrogen-bond acceptors (Lipinski definition) is 3. The molecular formula is C11H19NO2. The molecule has 0 spiro atoms. The first kappa shape index (κ1) is 11.2. The van der Waals surface area contributed by atoms with Crippen LogP contribution in [0.5, 0.6) is 0 Å². The van der Waals surface area contributed by atoms with Crippen LogP contribution >= 0.6 is 0 Å². The fourth-order valence-corrected chi connectivity index (χ4v) is 1.76. The number of rotatable bonds is 2. The second kappa shape index (κ2) is 5.81. The highest BCUT2D eigenvalue weighted by atomic mass is 16.5. The molecule has 1 rings (SSSR count). The van der Waals surface area contributed by atoms with Crippen molar-refractivity contribution in [2.24, 2.45) is 11.7 Å². The van der Waals surface area contributed by atoms with Gasteiger partial charge in [0.05, 0.1) is 12.5 Å². The SMILES string of the molecule is CCOC(=O)C1CC/C=C\CCC1N. The van der Waals surface area contributed by atoms with Crippen LogP contribution in [-0.4, -0.2) is 18.6 Å². The molecule has 0 bridgehead atoms. The molecule has 1 aliphatic rings. The van der Waals surface area contributed by atoms with Crippen molar-refractivity contribution in [3.8, 4) is 0 Å². The topological polar surface area (TPSA) is 52.3 Å². The van der Waals surface area contributed by atoms with Gasteiger partial charge in [-0.25, -0.2) is 0 Å². The Kier molecular flexibility index (Phi) is 4.66. The monoisotopic (exact) mass is 197 g/mol. The minimum absolute atomic E-state index is 0.0426. The molecule has 2 unspecified atom stereocenters. The van der Waals surface area contributed by atoms with E-state index in [1.54, 1.807) is 0 Å². The van der Waals surface area contributed by atoms with E-state index in [1.807, 2.05) is 6.92 Å². The Morgan fingerprint density at radius 1 is 1.43 bits per heavy atom. The highest BCUT2D eigenvalue weighted by Gasteiger charge is 2.26. The number of esters is 1. The van der Waals surface area contributed by atoms with Crippen LogP contribution in [0.2, 0.25) is 0 Å². The summed E-state index contributed by atoms with van der Waals surface area (Å²) >= 11 is 0. The lowest BCUT2D eigenvalue weighted by molar-refractivity contribution is -0.149. The van der Waals surface area contributed by atoms with Crippen LogP contribution in [0.4, 0.5) is 0 Å². The summed E-state index contributed by atoms with van der Waals surface area (Å²) in [5.41, 5.74) is 5.94. The van der Waals surface area contributed by atoms with Crippen LogP contribution in [0.25, 0.3) is 0 Å². The lowest BCUT2D eigenvalue weighted by Gasteiger charge is -2.22. The maximum Gasteiger partial charge on any atom is 0.310 e. The van der Waals surface area contributed by atoms with Gasteiger partial charge in [-0.3, -0.25) is 4.79 Å². The van der Waals surface area contributed by atoms with Crippen molar-refractivity contribution < 1.29 is 9.53 Å². The minimum atomic E-state index is -0.129. The number of carbonyl (C=O) groups is 1. The first-order valence-corrected chi connectivity index (χ1v) is 5.33. The van der Waals surface area contributed by atoms with Gasteiger partial charge in [-0.2, -0.15) is 0 Å². The van der Waals surface area contributed by atoms with Gasteiger partial charge in [0.1, 0.15) is 0 Å². The summed E-state index contributed by atoms with van der Waals surface area (Å²) in [6.45, 7) is 2.27. The molecule has 0 amide bonds. The standard InChI is InChI=1S/C11H19NO2/c1-2-14-11(13)9-7-5-3-4-6-8-10(9)12/h3-4,9-10H,2,5-8,12H2,1H3/b4-3-. The Hall–Kier alpha value is -0.830. The third-order valence-electron chi connectivity index (χ3n) is 2.58. The number of carbonyl (C=O) groups excluding carboxylic acids is 1. The second-order valence-corrected chi connectivity index (χ2v) is 3.65. The van der Waals surface area contributed by atoms with E-state index < -0.39 is 0 Å². The van der Waals surface area contributed by atoms with E-state index in [4.69, 9.17) is 10.5 Å². The molecule has 0 fully saturated rings. The van der Waals surface area contributed by atoms with Crippen LogP contribution in [0.1, 0.15) is 32.6 Å². The molecule has 2 atom stereocenters. The first-order valence-electron chi connectivity index (χ1n) is 5.33. The van der Waals surface area contributed by atoms with Gasteiger partial charge >= 0.3 is 5.97 Å². The van der Waals surface area contributed by atoms with E-state index in [-0.39, 0.29) is 17.9 Å². The van der Waals surface area contributed by atoms with E-state index in [0.29, 0.717) is 6.61 Å². The molecule has 3 nitrogen and oxygen atoms in total. The van der Waals surface area contributed by atoms with E-state index in [9.17, 15) is 4.79 Å². The van der Waals surface area contributed by atoms with Crippen LogP contribution in [0, 0.1) is 5.92 Å². The first-order chi connectivity index (χ1) is 6.75. The molecule has 0 radical (unpaired) electrons. The molecule has 0 heterocycles. The fraction of sp³-hybridized carbons (Fsp3) is 0.727. The van der Waals surface area contributed by atoms with Crippen molar-refractivity contribution in [1.29, 1.82) is 0 Å². The molecule has 0 aromatic heterocycles. The summed E-state index contributed by atoms with van der Waals surface area (Å²) < 4.78 is 5.01. The molecule has 2 N–H and O–H groups in total. The maximum atomic E-state index is 11.5. The van der Waals surface area contributed by atoms with Crippen LogP contribution in [-0.2, 0) is 9.53 Å². The van der Waals surface area contributed by atoms with Gasteiger partial charge in [-0.1, -0.05) is 12.2 Å². The summed E-state index contributed by atoms with van der Waals surface area (Å²) in [5.74, 6) is -0.241. The van der Waals surface area contributed by atoms with Gasteiger partial charge in [0.2, 0.25) is 0 Å². The highest BCUT2D eigenvalue weighted by molar-refractivity contribution is 5.73. The molecule has 14 heavy (non-hydrogen) atoms. The second-order valence-electron chi connectivity index (χ2n) is 3.65.